The largest absolute Gasteiger partial charge is 0.468 e. The van der Waals surface area contributed by atoms with Crippen LogP contribution < -0.4 is 5.32 Å². The molecule has 0 atom stereocenters. The van der Waals surface area contributed by atoms with Crippen LogP contribution >= 0.6 is 12.2 Å². The fraction of sp³-hybridized carbons (Fsp3) is 0.909. The van der Waals surface area contributed by atoms with Gasteiger partial charge in [0, 0.05) is 6.54 Å². The van der Waals surface area contributed by atoms with Crippen LogP contribution in [0.25, 0.3) is 0 Å². The molecule has 1 saturated carbocycles. The van der Waals surface area contributed by atoms with E-state index in [0.29, 0.717) is 17.2 Å². The molecule has 0 amide bonds. The summed E-state index contributed by atoms with van der Waals surface area (Å²) in [7, 11) is 0. The zero-order valence-corrected chi connectivity index (χ0v) is 10.0. The summed E-state index contributed by atoms with van der Waals surface area (Å²) in [6.45, 7) is 5.23. The third-order valence-corrected chi connectivity index (χ3v) is 2.72. The molecule has 0 aromatic rings. The van der Waals surface area contributed by atoms with Gasteiger partial charge in [0.1, 0.15) is 6.10 Å². The smallest absolute Gasteiger partial charge is 0.256 e. The molecule has 82 valence electrons. The first-order chi connectivity index (χ1) is 6.68. The molecule has 0 spiro atoms. The molecule has 14 heavy (non-hydrogen) atoms. The molecule has 1 fully saturated rings. The molecule has 1 rings (SSSR count). The lowest BCUT2D eigenvalue weighted by Crippen LogP contribution is -2.32. The fourth-order valence-corrected chi connectivity index (χ4v) is 1.88. The van der Waals surface area contributed by atoms with Gasteiger partial charge in [0.05, 0.1) is 0 Å². The summed E-state index contributed by atoms with van der Waals surface area (Å²) in [5, 5.41) is 3.73. The molecule has 0 aliphatic heterocycles. The van der Waals surface area contributed by atoms with Crippen LogP contribution in [0.3, 0.4) is 0 Å². The first-order valence-corrected chi connectivity index (χ1v) is 6.04. The molecule has 2 nitrogen and oxygen atoms in total. The third-order valence-electron chi connectivity index (χ3n) is 2.48. The lowest BCUT2D eigenvalue weighted by Gasteiger charge is -2.23. The van der Waals surface area contributed by atoms with E-state index in [9.17, 15) is 0 Å². The summed E-state index contributed by atoms with van der Waals surface area (Å²) in [6, 6.07) is 0. The van der Waals surface area contributed by atoms with Crippen molar-refractivity contribution in [3.05, 3.63) is 0 Å². The lowest BCUT2D eigenvalue weighted by molar-refractivity contribution is 0.140. The molecule has 0 aromatic carbocycles. The normalized spacial score (nSPS) is 18.2. The van der Waals surface area contributed by atoms with Crippen LogP contribution in [0.1, 0.15) is 46.0 Å². The second kappa shape index (κ2) is 6.23. The Balaban J connectivity index is 2.12. The van der Waals surface area contributed by atoms with Crippen molar-refractivity contribution in [2.75, 3.05) is 6.54 Å². The average molecular weight is 215 g/mol. The lowest BCUT2D eigenvalue weighted by atomic mass is 9.98. The van der Waals surface area contributed by atoms with Crippen molar-refractivity contribution in [3.63, 3.8) is 0 Å². The monoisotopic (exact) mass is 215 g/mol. The van der Waals surface area contributed by atoms with Crippen molar-refractivity contribution in [1.82, 2.24) is 5.32 Å². The Kier molecular flexibility index (Phi) is 5.23. The van der Waals surface area contributed by atoms with Crippen molar-refractivity contribution in [2.24, 2.45) is 5.92 Å². The van der Waals surface area contributed by atoms with Gasteiger partial charge in [-0.2, -0.15) is 0 Å². The van der Waals surface area contributed by atoms with Crippen LogP contribution in [-0.4, -0.2) is 17.8 Å². The van der Waals surface area contributed by atoms with Crippen molar-refractivity contribution in [2.45, 2.75) is 52.1 Å². The number of thiocarbonyl (C=S) groups is 1. The van der Waals surface area contributed by atoms with Crippen LogP contribution in [0.4, 0.5) is 0 Å². The van der Waals surface area contributed by atoms with Crippen LogP contribution in [0, 0.1) is 5.92 Å². The predicted octanol–water partition coefficient (Wildman–Crippen LogP) is 2.87. The highest BCUT2D eigenvalue weighted by Gasteiger charge is 2.15. The first kappa shape index (κ1) is 11.8. The average Bonchev–Trinajstić information content (AvgIpc) is 2.16. The Morgan fingerprint density at radius 3 is 2.57 bits per heavy atom. The van der Waals surface area contributed by atoms with E-state index in [1.165, 1.54) is 32.1 Å². The minimum absolute atomic E-state index is 0.371. The Morgan fingerprint density at radius 2 is 2.00 bits per heavy atom. The number of rotatable bonds is 3. The number of ether oxygens (including phenoxy) is 1. The summed E-state index contributed by atoms with van der Waals surface area (Å²) in [5.41, 5.74) is 0. The third kappa shape index (κ3) is 4.80. The van der Waals surface area contributed by atoms with Gasteiger partial charge in [0.2, 0.25) is 0 Å². The fourth-order valence-electron chi connectivity index (χ4n) is 1.66. The van der Waals surface area contributed by atoms with Crippen molar-refractivity contribution in [3.8, 4) is 0 Å². The summed E-state index contributed by atoms with van der Waals surface area (Å²) >= 11 is 5.12. The Hall–Kier alpha value is -0.310. The standard InChI is InChI=1S/C11H21NOS/c1-9(2)8-12-11(14)13-10-6-4-3-5-7-10/h9-10H,3-8H2,1-2H3,(H,12,14). The van der Waals surface area contributed by atoms with Crippen LogP contribution in [0.2, 0.25) is 0 Å². The zero-order chi connectivity index (χ0) is 10.4. The number of hydrogen-bond donors (Lipinski definition) is 1. The first-order valence-electron chi connectivity index (χ1n) is 5.63. The van der Waals surface area contributed by atoms with Gasteiger partial charge in [-0.1, -0.05) is 20.3 Å². The molecular formula is C11H21NOS. The van der Waals surface area contributed by atoms with Crippen molar-refractivity contribution < 1.29 is 4.74 Å². The molecule has 0 bridgehead atoms. The van der Waals surface area contributed by atoms with Gasteiger partial charge in [-0.05, 0) is 43.8 Å². The molecule has 3 heteroatoms. The molecule has 0 saturated heterocycles. The molecule has 0 unspecified atom stereocenters. The maximum absolute atomic E-state index is 5.66. The van der Waals surface area contributed by atoms with Gasteiger partial charge in [0.15, 0.2) is 0 Å². The van der Waals surface area contributed by atoms with E-state index >= 15 is 0 Å². The summed E-state index contributed by atoms with van der Waals surface area (Å²) < 4.78 is 5.66. The summed E-state index contributed by atoms with van der Waals surface area (Å²) in [6.07, 6.45) is 6.64. The highest BCUT2D eigenvalue weighted by atomic mass is 32.1. The molecule has 1 aliphatic rings. The van der Waals surface area contributed by atoms with E-state index in [1.54, 1.807) is 0 Å². The molecule has 0 aromatic heterocycles. The number of hydrogen-bond acceptors (Lipinski definition) is 2. The van der Waals surface area contributed by atoms with Gasteiger partial charge in [-0.25, -0.2) is 0 Å². The van der Waals surface area contributed by atoms with E-state index in [1.807, 2.05) is 0 Å². The minimum Gasteiger partial charge on any atom is -0.468 e. The van der Waals surface area contributed by atoms with Gasteiger partial charge in [-0.3, -0.25) is 0 Å². The van der Waals surface area contributed by atoms with Crippen LogP contribution in [-0.2, 0) is 4.74 Å². The minimum atomic E-state index is 0.371. The maximum Gasteiger partial charge on any atom is 0.256 e. The predicted molar refractivity (Wildman–Crippen MR) is 63.4 cm³/mol. The van der Waals surface area contributed by atoms with Gasteiger partial charge >= 0.3 is 0 Å². The quantitative estimate of drug-likeness (QED) is 0.731. The Labute approximate surface area is 92.4 Å². The second-order valence-corrected chi connectivity index (χ2v) is 4.81. The van der Waals surface area contributed by atoms with Gasteiger partial charge < -0.3 is 10.1 Å². The van der Waals surface area contributed by atoms with E-state index in [-0.39, 0.29) is 0 Å². The SMILES string of the molecule is CC(C)CNC(=S)OC1CCCCC1. The highest BCUT2D eigenvalue weighted by molar-refractivity contribution is 7.80. The summed E-state index contributed by atoms with van der Waals surface area (Å²) in [4.78, 5) is 0. The molecular weight excluding hydrogens is 194 g/mol. The van der Waals surface area contributed by atoms with E-state index in [0.717, 1.165) is 6.54 Å². The molecule has 0 heterocycles. The van der Waals surface area contributed by atoms with E-state index in [2.05, 4.69) is 19.2 Å². The van der Waals surface area contributed by atoms with Crippen molar-refractivity contribution in [1.29, 1.82) is 0 Å². The molecule has 1 aliphatic carbocycles. The Bertz CT molecular complexity index is 176. The zero-order valence-electron chi connectivity index (χ0n) is 9.21. The topological polar surface area (TPSA) is 21.3 Å². The molecule has 1 N–H and O–H groups in total. The van der Waals surface area contributed by atoms with E-state index < -0.39 is 0 Å². The van der Waals surface area contributed by atoms with Crippen molar-refractivity contribution >= 4 is 17.4 Å². The summed E-state index contributed by atoms with van der Waals surface area (Å²) in [5.74, 6) is 0.614. The van der Waals surface area contributed by atoms with Crippen LogP contribution in [0.5, 0.6) is 0 Å². The number of nitrogens with one attached hydrogen (secondary N) is 1. The molecule has 0 radical (unpaired) electrons. The van der Waals surface area contributed by atoms with Crippen LogP contribution in [0.15, 0.2) is 0 Å². The maximum atomic E-state index is 5.66. The highest BCUT2D eigenvalue weighted by Crippen LogP contribution is 2.20. The Morgan fingerprint density at radius 1 is 1.36 bits per heavy atom. The van der Waals surface area contributed by atoms with Gasteiger partial charge in [-0.15, -0.1) is 0 Å². The second-order valence-electron chi connectivity index (χ2n) is 4.44. The van der Waals surface area contributed by atoms with Gasteiger partial charge in [0.25, 0.3) is 5.17 Å². The van der Waals surface area contributed by atoms with E-state index in [4.69, 9.17) is 17.0 Å².